The number of allylic oxidation sites excluding steroid dienone is 2. The summed E-state index contributed by atoms with van der Waals surface area (Å²) in [6.45, 7) is 3.49. The fourth-order valence-electron chi connectivity index (χ4n) is 4.45. The Balaban J connectivity index is 2.10. The number of alkyl halides is 3. The van der Waals surface area contributed by atoms with Crippen LogP contribution in [0.25, 0.3) is 16.6 Å². The van der Waals surface area contributed by atoms with E-state index in [2.05, 4.69) is 15.4 Å². The van der Waals surface area contributed by atoms with Crippen molar-refractivity contribution in [3.05, 3.63) is 28.8 Å². The molecule has 0 saturated carbocycles. The predicted octanol–water partition coefficient (Wildman–Crippen LogP) is 3.84. The van der Waals surface area contributed by atoms with Crippen molar-refractivity contribution in [1.29, 1.82) is 0 Å². The number of Topliss-reactive ketones (excluding diaryl/α,β-unsaturated/α-hetero) is 1. The number of hydrogen-bond donors (Lipinski definition) is 1. The van der Waals surface area contributed by atoms with Crippen LogP contribution >= 0.6 is 0 Å². The van der Waals surface area contributed by atoms with E-state index in [4.69, 9.17) is 0 Å². The van der Waals surface area contributed by atoms with E-state index in [1.807, 2.05) is 6.92 Å². The molecule has 0 amide bonds. The van der Waals surface area contributed by atoms with E-state index in [0.29, 0.717) is 35.9 Å². The molecule has 0 spiro atoms. The van der Waals surface area contributed by atoms with E-state index >= 15 is 0 Å². The Morgan fingerprint density at radius 2 is 2.12 bits per heavy atom. The summed E-state index contributed by atoms with van der Waals surface area (Å²) >= 11 is 0. The minimum absolute atomic E-state index is 0.167. The van der Waals surface area contributed by atoms with Crippen LogP contribution in [0, 0.1) is 11.3 Å². The average Bonchev–Trinajstić information content (AvgIpc) is 3.09. The first-order valence-electron chi connectivity index (χ1n) is 7.97. The van der Waals surface area contributed by atoms with Crippen LogP contribution in [0.3, 0.4) is 0 Å². The molecule has 0 fully saturated rings. The summed E-state index contributed by atoms with van der Waals surface area (Å²) in [5, 5.41) is 10.6. The molecular weight excluding hydrogens is 319 g/mol. The van der Waals surface area contributed by atoms with Crippen LogP contribution in [0.15, 0.2) is 17.7 Å². The van der Waals surface area contributed by atoms with Gasteiger partial charge in [0, 0.05) is 11.3 Å². The monoisotopic (exact) mass is 335 g/mol. The van der Waals surface area contributed by atoms with Crippen LogP contribution in [0.5, 0.6) is 0 Å². The molecule has 2 aliphatic carbocycles. The highest BCUT2D eigenvalue weighted by atomic mass is 19.4. The van der Waals surface area contributed by atoms with E-state index in [-0.39, 0.29) is 5.57 Å². The van der Waals surface area contributed by atoms with E-state index in [0.717, 1.165) is 5.56 Å². The number of aromatic amines is 1. The van der Waals surface area contributed by atoms with Gasteiger partial charge in [-0.15, -0.1) is 5.10 Å². The van der Waals surface area contributed by atoms with E-state index in [9.17, 15) is 18.0 Å². The van der Waals surface area contributed by atoms with Crippen LogP contribution in [0.1, 0.15) is 37.8 Å². The fourth-order valence-corrected chi connectivity index (χ4v) is 4.45. The number of carbonyl (C=O) groups excluding carboxylic acids is 1. The van der Waals surface area contributed by atoms with Crippen LogP contribution in [-0.2, 0) is 11.2 Å². The molecular formula is C17H16F3N3O. The second kappa shape index (κ2) is 4.68. The number of nitrogens with zero attached hydrogens (tertiary/aromatic N) is 2. The predicted molar refractivity (Wildman–Crippen MR) is 82.1 cm³/mol. The SMILES string of the molecule is CC[C@]12Cc3c(ccc4[nH]nnc34)C1=C(C(F)(F)F)C(=O)[C@H](C)C2. The first-order chi connectivity index (χ1) is 11.3. The van der Waals surface area contributed by atoms with Crippen molar-refractivity contribution < 1.29 is 18.0 Å². The van der Waals surface area contributed by atoms with Crippen LogP contribution in [-0.4, -0.2) is 27.4 Å². The van der Waals surface area contributed by atoms with Crippen molar-refractivity contribution in [2.45, 2.75) is 39.3 Å². The van der Waals surface area contributed by atoms with Crippen molar-refractivity contribution in [3.63, 3.8) is 0 Å². The summed E-state index contributed by atoms with van der Waals surface area (Å²) in [6.07, 6.45) is -3.20. The van der Waals surface area contributed by atoms with Gasteiger partial charge in [-0.25, -0.2) is 0 Å². The quantitative estimate of drug-likeness (QED) is 0.861. The molecule has 4 nitrogen and oxygen atoms in total. The number of halogens is 3. The average molecular weight is 335 g/mol. The first-order valence-corrected chi connectivity index (χ1v) is 7.97. The van der Waals surface area contributed by atoms with Crippen molar-refractivity contribution >= 4 is 22.4 Å². The van der Waals surface area contributed by atoms with Crippen LogP contribution < -0.4 is 0 Å². The second-order valence-corrected chi connectivity index (χ2v) is 6.83. The molecule has 0 bridgehead atoms. The van der Waals surface area contributed by atoms with Gasteiger partial charge in [-0.3, -0.25) is 9.89 Å². The lowest BCUT2D eigenvalue weighted by molar-refractivity contribution is -0.133. The van der Waals surface area contributed by atoms with Crippen molar-refractivity contribution in [3.8, 4) is 0 Å². The number of ketones is 1. The lowest BCUT2D eigenvalue weighted by atomic mass is 9.65. The number of fused-ring (bicyclic) bond motifs is 5. The minimum atomic E-state index is -4.65. The van der Waals surface area contributed by atoms with Gasteiger partial charge in [0.15, 0.2) is 5.78 Å². The molecule has 0 unspecified atom stereocenters. The molecule has 1 heterocycles. The minimum Gasteiger partial charge on any atom is -0.294 e. The molecule has 2 atom stereocenters. The third-order valence-corrected chi connectivity index (χ3v) is 5.52. The molecule has 7 heteroatoms. The van der Waals surface area contributed by atoms with Crippen molar-refractivity contribution in [2.24, 2.45) is 11.3 Å². The summed E-state index contributed by atoms with van der Waals surface area (Å²) < 4.78 is 41.2. The second-order valence-electron chi connectivity index (χ2n) is 6.83. The third-order valence-electron chi connectivity index (χ3n) is 5.52. The standard InChI is InChI=1S/C17H16F3N3O/c1-3-16-6-8(2)15(24)13(17(18,19)20)12(16)9-4-5-11-14(10(9)7-16)22-23-21-11/h4-5,8H,3,6-7H2,1-2H3,(H,21,22,23)/t8-,16+/m1/s1. The number of H-pyrrole nitrogens is 1. The zero-order valence-corrected chi connectivity index (χ0v) is 13.3. The number of nitrogens with one attached hydrogen (secondary N) is 1. The third kappa shape index (κ3) is 1.84. The Bertz CT molecular complexity index is 896. The maximum Gasteiger partial charge on any atom is 0.420 e. The molecule has 0 aliphatic heterocycles. The zero-order chi connectivity index (χ0) is 17.3. The van der Waals surface area contributed by atoms with Gasteiger partial charge in [-0.2, -0.15) is 13.2 Å². The maximum atomic E-state index is 13.7. The lowest BCUT2D eigenvalue weighted by Crippen LogP contribution is -2.38. The lowest BCUT2D eigenvalue weighted by Gasteiger charge is -2.38. The maximum absolute atomic E-state index is 13.7. The van der Waals surface area contributed by atoms with Gasteiger partial charge >= 0.3 is 6.18 Å². The largest absolute Gasteiger partial charge is 0.420 e. The Labute approximate surface area is 136 Å². The summed E-state index contributed by atoms with van der Waals surface area (Å²) in [7, 11) is 0. The zero-order valence-electron chi connectivity index (χ0n) is 13.3. The molecule has 24 heavy (non-hydrogen) atoms. The molecule has 1 aromatic carbocycles. The van der Waals surface area contributed by atoms with Gasteiger partial charge in [-0.05, 0) is 42.0 Å². The molecule has 1 aromatic heterocycles. The smallest absolute Gasteiger partial charge is 0.294 e. The molecule has 1 N–H and O–H groups in total. The van der Waals surface area contributed by atoms with Gasteiger partial charge < -0.3 is 0 Å². The summed E-state index contributed by atoms with van der Waals surface area (Å²) in [6, 6.07) is 3.35. The van der Waals surface area contributed by atoms with Gasteiger partial charge in [0.25, 0.3) is 0 Å². The number of aromatic nitrogens is 3. The Morgan fingerprint density at radius 3 is 2.79 bits per heavy atom. The summed E-state index contributed by atoms with van der Waals surface area (Å²) in [4.78, 5) is 12.4. The molecule has 4 rings (SSSR count). The number of carbonyl (C=O) groups is 1. The number of rotatable bonds is 1. The van der Waals surface area contributed by atoms with Crippen LogP contribution in [0.2, 0.25) is 0 Å². The fraction of sp³-hybridized carbons (Fsp3) is 0.471. The van der Waals surface area contributed by atoms with E-state index in [1.54, 1.807) is 19.1 Å². The van der Waals surface area contributed by atoms with Gasteiger partial charge in [0.2, 0.25) is 0 Å². The molecule has 2 aliphatic rings. The molecule has 0 saturated heterocycles. The Kier molecular flexibility index (Phi) is 2.99. The van der Waals surface area contributed by atoms with Crippen LogP contribution in [0.4, 0.5) is 13.2 Å². The van der Waals surface area contributed by atoms with E-state index < -0.39 is 28.9 Å². The van der Waals surface area contributed by atoms with Crippen molar-refractivity contribution in [2.75, 3.05) is 0 Å². The summed E-state index contributed by atoms with van der Waals surface area (Å²) in [5.74, 6) is -1.43. The Hall–Kier alpha value is -2.18. The first kappa shape index (κ1) is 15.4. The Morgan fingerprint density at radius 1 is 1.38 bits per heavy atom. The number of hydrogen-bond acceptors (Lipinski definition) is 3. The van der Waals surface area contributed by atoms with Crippen molar-refractivity contribution in [1.82, 2.24) is 15.4 Å². The van der Waals surface area contributed by atoms with Gasteiger partial charge in [-0.1, -0.05) is 25.1 Å². The topological polar surface area (TPSA) is 58.6 Å². The van der Waals surface area contributed by atoms with Gasteiger partial charge in [0.1, 0.15) is 11.1 Å². The van der Waals surface area contributed by atoms with Gasteiger partial charge in [0.05, 0.1) is 5.52 Å². The highest BCUT2D eigenvalue weighted by Crippen LogP contribution is 2.59. The summed E-state index contributed by atoms with van der Waals surface area (Å²) in [5.41, 5.74) is 1.11. The van der Waals surface area contributed by atoms with E-state index in [1.165, 1.54) is 0 Å². The molecule has 2 aromatic rings. The molecule has 0 radical (unpaired) electrons. The highest BCUT2D eigenvalue weighted by Gasteiger charge is 2.55. The number of benzene rings is 1. The highest BCUT2D eigenvalue weighted by molar-refractivity contribution is 6.09. The normalized spacial score (nSPS) is 26.9. The molecule has 126 valence electrons.